The van der Waals surface area contributed by atoms with Crippen LogP contribution >= 0.6 is 11.3 Å². The van der Waals surface area contributed by atoms with Crippen molar-refractivity contribution in [1.82, 2.24) is 4.98 Å². The van der Waals surface area contributed by atoms with E-state index in [2.05, 4.69) is 9.72 Å². The van der Waals surface area contributed by atoms with Crippen molar-refractivity contribution in [2.24, 2.45) is 0 Å². The number of aliphatic hydroxyl groups excluding tert-OH is 1. The van der Waals surface area contributed by atoms with Gasteiger partial charge in [-0.2, -0.15) is 13.2 Å². The molecule has 2 aromatic heterocycles. The predicted octanol–water partition coefficient (Wildman–Crippen LogP) is 3.31. The highest BCUT2D eigenvalue weighted by molar-refractivity contribution is 7.17. The van der Waals surface area contributed by atoms with Gasteiger partial charge in [-0.1, -0.05) is 0 Å². The molecule has 1 aliphatic rings. The molecule has 5 nitrogen and oxygen atoms in total. The molecule has 1 saturated heterocycles. The number of esters is 1. The summed E-state index contributed by atoms with van der Waals surface area (Å²) in [5.74, 6) is -4.68. The molecule has 0 radical (unpaired) electrons. The SMILES string of the molecule is COC(=O)c1csc2c(C(F)(F)F)cc(N3CC[C@H](O)C(F)(F)C3)nc12. The van der Waals surface area contributed by atoms with Gasteiger partial charge in [-0.05, 0) is 12.5 Å². The van der Waals surface area contributed by atoms with E-state index in [0.29, 0.717) is 17.4 Å². The molecular formula is C15H13F5N2O3S. The Morgan fingerprint density at radius 1 is 1.46 bits per heavy atom. The van der Waals surface area contributed by atoms with Crippen LogP contribution in [-0.2, 0) is 10.9 Å². The zero-order valence-electron chi connectivity index (χ0n) is 13.3. The van der Waals surface area contributed by atoms with Crippen molar-refractivity contribution in [3.05, 3.63) is 22.6 Å². The van der Waals surface area contributed by atoms with Crippen molar-refractivity contribution < 1.29 is 36.6 Å². The van der Waals surface area contributed by atoms with Crippen LogP contribution in [0.2, 0.25) is 0 Å². The number of hydrogen-bond acceptors (Lipinski definition) is 6. The van der Waals surface area contributed by atoms with Gasteiger partial charge in [-0.15, -0.1) is 11.3 Å². The number of rotatable bonds is 2. The van der Waals surface area contributed by atoms with Gasteiger partial charge < -0.3 is 14.7 Å². The van der Waals surface area contributed by atoms with Crippen LogP contribution in [0.5, 0.6) is 0 Å². The Morgan fingerprint density at radius 2 is 2.15 bits per heavy atom. The smallest absolute Gasteiger partial charge is 0.417 e. The van der Waals surface area contributed by atoms with E-state index in [1.807, 2.05) is 0 Å². The number of piperidine rings is 1. The maximum absolute atomic E-state index is 13.8. The number of carbonyl (C=O) groups excluding carboxylic acids is 1. The first-order chi connectivity index (χ1) is 12.0. The number of aromatic nitrogens is 1. The summed E-state index contributed by atoms with van der Waals surface area (Å²) < 4.78 is 72.1. The number of ether oxygens (including phenoxy) is 1. The number of carbonyl (C=O) groups is 1. The average molecular weight is 396 g/mol. The standard InChI is InChI=1S/C15H13F5N2O3S/c1-25-13(24)7-5-26-12-8(15(18,19)20)4-10(21-11(7)12)22-3-2-9(23)14(16,17)6-22/h4-5,9,23H,2-3,6H2,1H3/t9-/m0/s1. The Morgan fingerprint density at radius 3 is 2.73 bits per heavy atom. The molecular weight excluding hydrogens is 383 g/mol. The van der Waals surface area contributed by atoms with E-state index in [1.165, 1.54) is 5.38 Å². The van der Waals surface area contributed by atoms with Crippen LogP contribution in [-0.4, -0.2) is 48.3 Å². The molecule has 1 aliphatic heterocycles. The van der Waals surface area contributed by atoms with Crippen molar-refractivity contribution in [2.45, 2.75) is 24.6 Å². The van der Waals surface area contributed by atoms with Crippen LogP contribution in [0.3, 0.4) is 0 Å². The number of methoxy groups -OCH3 is 1. The number of pyridine rings is 1. The fourth-order valence-electron chi connectivity index (χ4n) is 2.75. The summed E-state index contributed by atoms with van der Waals surface area (Å²) in [5.41, 5.74) is -1.48. The lowest BCUT2D eigenvalue weighted by atomic mass is 10.0. The minimum atomic E-state index is -4.76. The number of anilines is 1. The largest absolute Gasteiger partial charge is 0.465 e. The lowest BCUT2D eigenvalue weighted by Gasteiger charge is -2.36. The quantitative estimate of drug-likeness (QED) is 0.624. The van der Waals surface area contributed by atoms with Crippen molar-refractivity contribution in [3.8, 4) is 0 Å². The van der Waals surface area contributed by atoms with Gasteiger partial charge in [-0.25, -0.2) is 18.6 Å². The number of alkyl halides is 5. The van der Waals surface area contributed by atoms with Gasteiger partial charge in [0, 0.05) is 11.9 Å². The zero-order chi connectivity index (χ0) is 19.3. The number of hydrogen-bond donors (Lipinski definition) is 1. The molecule has 0 aromatic carbocycles. The molecule has 1 fully saturated rings. The van der Waals surface area contributed by atoms with Crippen molar-refractivity contribution in [2.75, 3.05) is 25.1 Å². The molecule has 2 aromatic rings. The fourth-order valence-corrected chi connectivity index (χ4v) is 3.76. The lowest BCUT2D eigenvalue weighted by Crippen LogP contribution is -2.51. The minimum Gasteiger partial charge on any atom is -0.465 e. The topological polar surface area (TPSA) is 62.7 Å². The van der Waals surface area contributed by atoms with E-state index in [1.54, 1.807) is 0 Å². The van der Waals surface area contributed by atoms with Crippen LogP contribution in [0, 0.1) is 0 Å². The number of aliphatic hydroxyl groups is 1. The molecule has 11 heteroatoms. The summed E-state index contributed by atoms with van der Waals surface area (Å²) >= 11 is 0.677. The molecule has 0 amide bonds. The molecule has 142 valence electrons. The first kappa shape index (κ1) is 18.8. The van der Waals surface area contributed by atoms with E-state index >= 15 is 0 Å². The number of halogens is 5. The van der Waals surface area contributed by atoms with Crippen LogP contribution in [0.1, 0.15) is 22.3 Å². The van der Waals surface area contributed by atoms with Gasteiger partial charge in [0.2, 0.25) is 0 Å². The van der Waals surface area contributed by atoms with E-state index in [4.69, 9.17) is 0 Å². The molecule has 26 heavy (non-hydrogen) atoms. The summed E-state index contributed by atoms with van der Waals surface area (Å²) in [6.07, 6.45) is -6.94. The zero-order valence-corrected chi connectivity index (χ0v) is 14.1. The monoisotopic (exact) mass is 396 g/mol. The van der Waals surface area contributed by atoms with E-state index in [0.717, 1.165) is 12.0 Å². The first-order valence-corrected chi connectivity index (χ1v) is 8.31. The number of nitrogens with zero attached hydrogens (tertiary/aromatic N) is 2. The van der Waals surface area contributed by atoms with Gasteiger partial charge in [0.15, 0.2) is 0 Å². The molecule has 0 saturated carbocycles. The molecule has 1 N–H and O–H groups in total. The molecule has 0 bridgehead atoms. The minimum absolute atomic E-state index is 0.0930. The molecule has 0 aliphatic carbocycles. The maximum Gasteiger partial charge on any atom is 0.417 e. The highest BCUT2D eigenvalue weighted by Crippen LogP contribution is 2.41. The summed E-state index contributed by atoms with van der Waals surface area (Å²) in [5, 5.41) is 10.5. The second-order valence-corrected chi connectivity index (χ2v) is 6.71. The van der Waals surface area contributed by atoms with Crippen LogP contribution < -0.4 is 4.90 Å². The Bertz CT molecular complexity index is 852. The van der Waals surface area contributed by atoms with Crippen molar-refractivity contribution >= 4 is 33.3 Å². The normalized spacial score (nSPS) is 20.4. The Labute approximate surface area is 148 Å². The third kappa shape index (κ3) is 3.20. The molecule has 0 spiro atoms. The maximum atomic E-state index is 13.8. The molecule has 3 rings (SSSR count). The van der Waals surface area contributed by atoms with Crippen LogP contribution in [0.25, 0.3) is 10.2 Å². The highest BCUT2D eigenvalue weighted by Gasteiger charge is 2.45. The van der Waals surface area contributed by atoms with Gasteiger partial charge in [-0.3, -0.25) is 0 Å². The van der Waals surface area contributed by atoms with Gasteiger partial charge in [0.25, 0.3) is 5.92 Å². The fraction of sp³-hybridized carbons (Fsp3) is 0.467. The predicted molar refractivity (Wildman–Crippen MR) is 83.7 cm³/mol. The molecule has 0 unspecified atom stereocenters. The van der Waals surface area contributed by atoms with Crippen LogP contribution in [0.4, 0.5) is 27.8 Å². The summed E-state index contributed by atoms with van der Waals surface area (Å²) in [4.78, 5) is 16.8. The third-order valence-corrected chi connectivity index (χ3v) is 5.11. The third-order valence-electron chi connectivity index (χ3n) is 4.11. The lowest BCUT2D eigenvalue weighted by molar-refractivity contribution is -0.136. The second-order valence-electron chi connectivity index (χ2n) is 5.83. The number of thiophene rings is 1. The Balaban J connectivity index is 2.15. The highest BCUT2D eigenvalue weighted by atomic mass is 32.1. The molecule has 3 heterocycles. The molecule has 1 atom stereocenters. The Kier molecular flexibility index (Phi) is 4.55. The number of fused-ring (bicyclic) bond motifs is 1. The van der Waals surface area contributed by atoms with Crippen LogP contribution in [0.15, 0.2) is 11.4 Å². The van der Waals surface area contributed by atoms with Crippen molar-refractivity contribution in [3.63, 3.8) is 0 Å². The Hall–Kier alpha value is -2.01. The summed E-state index contributed by atoms with van der Waals surface area (Å²) in [6.45, 7) is -1.06. The van der Waals surface area contributed by atoms with E-state index in [9.17, 15) is 31.9 Å². The summed E-state index contributed by atoms with van der Waals surface area (Å²) in [7, 11) is 1.08. The first-order valence-electron chi connectivity index (χ1n) is 7.43. The summed E-state index contributed by atoms with van der Waals surface area (Å²) in [6, 6.07) is 0.688. The van der Waals surface area contributed by atoms with Gasteiger partial charge >= 0.3 is 12.1 Å². The van der Waals surface area contributed by atoms with E-state index in [-0.39, 0.29) is 34.6 Å². The van der Waals surface area contributed by atoms with E-state index < -0.39 is 36.3 Å². The van der Waals surface area contributed by atoms with Gasteiger partial charge in [0.1, 0.15) is 11.9 Å². The van der Waals surface area contributed by atoms with Crippen molar-refractivity contribution in [1.29, 1.82) is 0 Å². The van der Waals surface area contributed by atoms with Gasteiger partial charge in [0.05, 0.1) is 35.0 Å². The second kappa shape index (κ2) is 6.31. The average Bonchev–Trinajstić information content (AvgIpc) is 2.98.